The van der Waals surface area contributed by atoms with Crippen molar-refractivity contribution in [1.29, 1.82) is 0 Å². The smallest absolute Gasteiger partial charge is 0.327 e. The molecule has 3 heterocycles. The van der Waals surface area contributed by atoms with E-state index < -0.39 is 42.4 Å². The molecular formula is C10H16N4O8. The minimum Gasteiger partial charge on any atom is -0.412 e. The van der Waals surface area contributed by atoms with E-state index in [0.717, 1.165) is 0 Å². The van der Waals surface area contributed by atoms with E-state index in [9.17, 15) is 19.8 Å². The van der Waals surface area contributed by atoms with Crippen LogP contribution in [0.25, 0.3) is 11.2 Å². The maximum Gasteiger partial charge on any atom is 0.327 e. The molecule has 4 atom stereocenters. The second-order valence-electron chi connectivity index (χ2n) is 4.49. The molecule has 2 aromatic rings. The van der Waals surface area contributed by atoms with Crippen LogP contribution < -0.4 is 11.2 Å². The Morgan fingerprint density at radius 3 is 2.50 bits per heavy atom. The molecule has 1 saturated heterocycles. The second kappa shape index (κ2) is 6.35. The Hall–Kier alpha value is -2.09. The highest BCUT2D eigenvalue weighted by atomic mass is 16.6. The van der Waals surface area contributed by atoms with Gasteiger partial charge in [-0.25, -0.2) is 9.78 Å². The summed E-state index contributed by atoms with van der Waals surface area (Å²) in [5.41, 5.74) is -1.36. The molecule has 0 unspecified atom stereocenters. The number of nitrogens with one attached hydrogen (secondary N) is 2. The van der Waals surface area contributed by atoms with Gasteiger partial charge >= 0.3 is 5.69 Å². The molecule has 0 saturated carbocycles. The van der Waals surface area contributed by atoms with Gasteiger partial charge in [-0.3, -0.25) is 19.3 Å². The highest BCUT2D eigenvalue weighted by Gasteiger charge is 2.43. The Labute approximate surface area is 121 Å². The van der Waals surface area contributed by atoms with Crippen molar-refractivity contribution in [3.05, 3.63) is 27.2 Å². The Balaban J connectivity index is 0.00000121. The van der Waals surface area contributed by atoms with Crippen molar-refractivity contribution in [3.63, 3.8) is 0 Å². The largest absolute Gasteiger partial charge is 0.412 e. The van der Waals surface area contributed by atoms with Gasteiger partial charge in [-0.1, -0.05) is 0 Å². The lowest BCUT2D eigenvalue weighted by Crippen LogP contribution is -2.33. The quantitative estimate of drug-likeness (QED) is 0.364. The van der Waals surface area contributed by atoms with Crippen LogP contribution in [0.15, 0.2) is 15.9 Å². The molecule has 1 fully saturated rings. The number of ether oxygens (including phenoxy) is 1. The van der Waals surface area contributed by atoms with Gasteiger partial charge in [-0.15, -0.1) is 0 Å². The molecule has 12 heteroatoms. The molecule has 1 aliphatic heterocycles. The first kappa shape index (κ1) is 18.0. The van der Waals surface area contributed by atoms with Crippen molar-refractivity contribution in [2.24, 2.45) is 0 Å². The van der Waals surface area contributed by atoms with Gasteiger partial charge in [-0.2, -0.15) is 0 Å². The second-order valence-corrected chi connectivity index (χ2v) is 4.49. The van der Waals surface area contributed by atoms with Crippen LogP contribution in [0.5, 0.6) is 0 Å². The number of aromatic amines is 2. The van der Waals surface area contributed by atoms with Gasteiger partial charge in [0.2, 0.25) is 0 Å². The average Bonchev–Trinajstić information content (AvgIpc) is 2.93. The third-order valence-corrected chi connectivity index (χ3v) is 3.26. The molecule has 0 amide bonds. The number of H-pyrrole nitrogens is 2. The summed E-state index contributed by atoms with van der Waals surface area (Å²) in [7, 11) is 0. The zero-order valence-corrected chi connectivity index (χ0v) is 11.1. The summed E-state index contributed by atoms with van der Waals surface area (Å²) in [5, 5.41) is 28.7. The number of aromatic nitrogens is 4. The zero-order chi connectivity index (χ0) is 14.4. The first-order valence-corrected chi connectivity index (χ1v) is 5.84. The summed E-state index contributed by atoms with van der Waals surface area (Å²) in [5.74, 6) is 0. The molecule has 22 heavy (non-hydrogen) atoms. The van der Waals surface area contributed by atoms with Gasteiger partial charge in [0.25, 0.3) is 5.56 Å². The SMILES string of the molecule is O.O.O=c1[nH]c(=O)c2ncn([C@@H]3O[C@H](CO)[C@@H](O)[C@H]3O)c2[nH]1. The van der Waals surface area contributed by atoms with E-state index in [0.29, 0.717) is 0 Å². The van der Waals surface area contributed by atoms with E-state index >= 15 is 0 Å². The third-order valence-electron chi connectivity index (χ3n) is 3.26. The molecule has 2 aromatic heterocycles. The number of nitrogens with zero attached hydrogens (tertiary/aromatic N) is 2. The van der Waals surface area contributed by atoms with E-state index in [1.807, 2.05) is 4.98 Å². The van der Waals surface area contributed by atoms with Crippen molar-refractivity contribution < 1.29 is 31.0 Å². The first-order valence-electron chi connectivity index (χ1n) is 5.84. The van der Waals surface area contributed by atoms with Crippen LogP contribution in [0.1, 0.15) is 6.23 Å². The van der Waals surface area contributed by atoms with Crippen LogP contribution in [0.4, 0.5) is 0 Å². The topological polar surface area (TPSA) is 216 Å². The number of hydrogen-bond donors (Lipinski definition) is 5. The number of aliphatic hydroxyl groups excluding tert-OH is 3. The fourth-order valence-electron chi connectivity index (χ4n) is 2.25. The molecule has 0 bridgehead atoms. The van der Waals surface area contributed by atoms with Crippen molar-refractivity contribution in [3.8, 4) is 0 Å². The highest BCUT2D eigenvalue weighted by molar-refractivity contribution is 5.68. The lowest BCUT2D eigenvalue weighted by molar-refractivity contribution is -0.0511. The van der Waals surface area contributed by atoms with Crippen molar-refractivity contribution in [2.45, 2.75) is 24.5 Å². The summed E-state index contributed by atoms with van der Waals surface area (Å²) < 4.78 is 6.54. The maximum atomic E-state index is 11.6. The average molecular weight is 320 g/mol. The number of rotatable bonds is 2. The molecular weight excluding hydrogens is 304 g/mol. The predicted molar refractivity (Wildman–Crippen MR) is 71.2 cm³/mol. The van der Waals surface area contributed by atoms with Crippen molar-refractivity contribution in [1.82, 2.24) is 19.5 Å². The van der Waals surface area contributed by atoms with Gasteiger partial charge in [-0.05, 0) is 0 Å². The Morgan fingerprint density at radius 1 is 1.23 bits per heavy atom. The zero-order valence-electron chi connectivity index (χ0n) is 11.1. The predicted octanol–water partition coefficient (Wildman–Crippen LogP) is -4.62. The van der Waals surface area contributed by atoms with E-state index in [1.54, 1.807) is 0 Å². The van der Waals surface area contributed by atoms with Crippen LogP contribution in [0, 0.1) is 0 Å². The molecule has 3 rings (SSSR count). The Bertz CT molecular complexity index is 751. The van der Waals surface area contributed by atoms with E-state index in [4.69, 9.17) is 9.84 Å². The molecule has 12 nitrogen and oxygen atoms in total. The van der Waals surface area contributed by atoms with Gasteiger partial charge in [0, 0.05) is 0 Å². The number of aliphatic hydroxyl groups is 3. The molecule has 0 spiro atoms. The van der Waals surface area contributed by atoms with E-state index in [-0.39, 0.29) is 22.1 Å². The normalized spacial score (nSPS) is 27.4. The van der Waals surface area contributed by atoms with E-state index in [2.05, 4.69) is 9.97 Å². The van der Waals surface area contributed by atoms with E-state index in [1.165, 1.54) is 10.9 Å². The minimum absolute atomic E-state index is 0. The molecule has 1 aliphatic rings. The van der Waals surface area contributed by atoms with Gasteiger partial charge < -0.3 is 31.0 Å². The number of imidazole rings is 1. The van der Waals surface area contributed by atoms with Gasteiger partial charge in [0.05, 0.1) is 12.9 Å². The fraction of sp³-hybridized carbons (Fsp3) is 0.500. The lowest BCUT2D eigenvalue weighted by atomic mass is 10.1. The summed E-state index contributed by atoms with van der Waals surface area (Å²) in [6, 6.07) is 0. The highest BCUT2D eigenvalue weighted by Crippen LogP contribution is 2.30. The molecule has 0 aliphatic carbocycles. The van der Waals surface area contributed by atoms with Crippen molar-refractivity contribution in [2.75, 3.05) is 6.61 Å². The minimum atomic E-state index is -1.33. The maximum absolute atomic E-state index is 11.6. The van der Waals surface area contributed by atoms with Crippen LogP contribution >= 0.6 is 0 Å². The standard InChI is InChI=1S/C10H12N4O6.2H2O/c15-1-3-5(16)6(17)9(20-3)14-2-11-4-7(14)12-10(19)13-8(4)18;;/h2-3,5-6,9,15-17H,1H2,(H2,12,13,18,19);2*1H2/t3-,5-,6-,9-;;/m1../s1. The molecule has 9 N–H and O–H groups in total. The monoisotopic (exact) mass is 320 g/mol. The van der Waals surface area contributed by atoms with Crippen molar-refractivity contribution >= 4 is 11.2 Å². The molecule has 124 valence electrons. The Morgan fingerprint density at radius 2 is 1.91 bits per heavy atom. The number of hydrogen-bond acceptors (Lipinski definition) is 7. The van der Waals surface area contributed by atoms with Gasteiger partial charge in [0.1, 0.15) is 24.0 Å². The summed E-state index contributed by atoms with van der Waals surface area (Å²) >= 11 is 0. The lowest BCUT2D eigenvalue weighted by Gasteiger charge is -2.16. The Kier molecular flexibility index (Phi) is 5.18. The van der Waals surface area contributed by atoms with Gasteiger partial charge in [0.15, 0.2) is 11.7 Å². The summed E-state index contributed by atoms with van der Waals surface area (Å²) in [6.07, 6.45) is -3.43. The van der Waals surface area contributed by atoms with Crippen LogP contribution in [0.3, 0.4) is 0 Å². The molecule has 0 aromatic carbocycles. The number of fused-ring (bicyclic) bond motifs is 1. The van der Waals surface area contributed by atoms with Crippen LogP contribution in [-0.2, 0) is 4.74 Å². The summed E-state index contributed by atoms with van der Waals surface area (Å²) in [4.78, 5) is 31.1. The fourth-order valence-corrected chi connectivity index (χ4v) is 2.25. The third kappa shape index (κ3) is 2.54. The van der Waals surface area contributed by atoms with Crippen LogP contribution in [-0.4, -0.2) is 70.7 Å². The first-order chi connectivity index (χ1) is 9.52. The molecule has 0 radical (unpaired) electrons. The van der Waals surface area contributed by atoms with Crippen LogP contribution in [0.2, 0.25) is 0 Å². The summed E-state index contributed by atoms with van der Waals surface area (Å²) in [6.45, 7) is -0.474.